The van der Waals surface area contributed by atoms with Gasteiger partial charge in [0.1, 0.15) is 10.6 Å². The van der Waals surface area contributed by atoms with Crippen molar-refractivity contribution in [3.63, 3.8) is 0 Å². The van der Waals surface area contributed by atoms with Crippen LogP contribution in [0, 0.1) is 3.57 Å². The quantitative estimate of drug-likeness (QED) is 0.665. The van der Waals surface area contributed by atoms with Crippen molar-refractivity contribution in [2.45, 2.75) is 11.3 Å². The summed E-state index contributed by atoms with van der Waals surface area (Å²) in [5.41, 5.74) is 0.820. The first-order chi connectivity index (χ1) is 10.8. The largest absolute Gasteiger partial charge is 0.495 e. The number of carboxylic acid groups (broad SMARTS) is 1. The van der Waals surface area contributed by atoms with Crippen LogP contribution >= 0.6 is 22.6 Å². The molecule has 0 heterocycles. The Hall–Kier alpha value is -1.81. The van der Waals surface area contributed by atoms with Crippen molar-refractivity contribution in [1.82, 2.24) is 0 Å². The van der Waals surface area contributed by atoms with Crippen LogP contribution in [0.5, 0.6) is 5.75 Å². The Labute approximate surface area is 147 Å². The third kappa shape index (κ3) is 4.35. The van der Waals surface area contributed by atoms with Gasteiger partial charge >= 0.3 is 5.97 Å². The van der Waals surface area contributed by atoms with Crippen LogP contribution in [0.3, 0.4) is 0 Å². The lowest BCUT2D eigenvalue weighted by molar-refractivity contribution is -0.136. The summed E-state index contributed by atoms with van der Waals surface area (Å²) < 4.78 is 33.6. The lowest BCUT2D eigenvalue weighted by Gasteiger charge is -2.13. The van der Waals surface area contributed by atoms with E-state index in [1.807, 2.05) is 22.6 Å². The molecule has 0 unspecified atom stereocenters. The minimum Gasteiger partial charge on any atom is -0.495 e. The van der Waals surface area contributed by atoms with E-state index in [1.165, 1.54) is 25.3 Å². The molecule has 0 radical (unpaired) electrons. The molecule has 0 aliphatic carbocycles. The highest BCUT2D eigenvalue weighted by Crippen LogP contribution is 2.28. The molecule has 0 atom stereocenters. The van der Waals surface area contributed by atoms with Crippen LogP contribution in [0.1, 0.15) is 5.56 Å². The van der Waals surface area contributed by atoms with Crippen LogP contribution in [0.15, 0.2) is 47.4 Å². The summed E-state index contributed by atoms with van der Waals surface area (Å²) in [5.74, 6) is -0.887. The van der Waals surface area contributed by atoms with Gasteiger partial charge in [0, 0.05) is 3.57 Å². The number of hydrogen-bond acceptors (Lipinski definition) is 4. The van der Waals surface area contributed by atoms with Crippen molar-refractivity contribution < 1.29 is 23.1 Å². The smallest absolute Gasteiger partial charge is 0.307 e. The van der Waals surface area contributed by atoms with E-state index in [9.17, 15) is 13.2 Å². The molecule has 0 spiro atoms. The normalized spacial score (nSPS) is 11.0. The third-order valence-corrected chi connectivity index (χ3v) is 5.32. The Morgan fingerprint density at radius 2 is 1.96 bits per heavy atom. The number of benzene rings is 2. The number of nitrogens with one attached hydrogen (secondary N) is 1. The zero-order valence-electron chi connectivity index (χ0n) is 12.1. The van der Waals surface area contributed by atoms with Crippen molar-refractivity contribution in [2.75, 3.05) is 11.8 Å². The van der Waals surface area contributed by atoms with Crippen molar-refractivity contribution in [3.8, 4) is 5.75 Å². The number of ether oxygens (including phenoxy) is 1. The summed E-state index contributed by atoms with van der Waals surface area (Å²) >= 11 is 2.02. The maximum atomic E-state index is 12.6. The molecule has 0 saturated carbocycles. The van der Waals surface area contributed by atoms with Gasteiger partial charge in [-0.2, -0.15) is 0 Å². The van der Waals surface area contributed by atoms with E-state index in [4.69, 9.17) is 9.84 Å². The second kappa shape index (κ2) is 7.18. The molecular weight excluding hydrogens is 433 g/mol. The predicted molar refractivity (Wildman–Crippen MR) is 94.3 cm³/mol. The molecule has 2 aromatic rings. The van der Waals surface area contributed by atoms with E-state index < -0.39 is 16.0 Å². The summed E-state index contributed by atoms with van der Waals surface area (Å²) in [6.07, 6.45) is -0.268. The zero-order chi connectivity index (χ0) is 17.0. The molecule has 122 valence electrons. The monoisotopic (exact) mass is 447 g/mol. The number of halogens is 1. The molecule has 2 aromatic carbocycles. The second-order valence-corrected chi connectivity index (χ2v) is 7.45. The number of anilines is 1. The highest BCUT2D eigenvalue weighted by Gasteiger charge is 2.21. The van der Waals surface area contributed by atoms with E-state index >= 15 is 0 Å². The fraction of sp³-hybridized carbons (Fsp3) is 0.133. The topological polar surface area (TPSA) is 92.7 Å². The molecule has 23 heavy (non-hydrogen) atoms. The summed E-state index contributed by atoms with van der Waals surface area (Å²) in [4.78, 5) is 10.7. The molecule has 0 aliphatic rings. The molecular formula is C15H14INO5S. The molecule has 6 nitrogen and oxygen atoms in total. The average molecular weight is 447 g/mol. The number of methoxy groups -OCH3 is 1. The van der Waals surface area contributed by atoms with Gasteiger partial charge in [-0.1, -0.05) is 18.2 Å². The Kier molecular flexibility index (Phi) is 5.47. The van der Waals surface area contributed by atoms with Crippen molar-refractivity contribution in [3.05, 3.63) is 51.6 Å². The number of carboxylic acids is 1. The number of rotatable bonds is 6. The Bertz CT molecular complexity index is 836. The Morgan fingerprint density at radius 1 is 1.26 bits per heavy atom. The molecule has 2 N–H and O–H groups in total. The van der Waals surface area contributed by atoms with Crippen LogP contribution in [0.4, 0.5) is 5.69 Å². The lowest BCUT2D eigenvalue weighted by Crippen LogP contribution is -2.15. The van der Waals surface area contributed by atoms with Gasteiger partial charge in [-0.3, -0.25) is 9.52 Å². The van der Waals surface area contributed by atoms with Crippen LogP contribution < -0.4 is 9.46 Å². The number of sulfonamides is 1. The molecule has 0 aromatic heterocycles. The Balaban J connectivity index is 2.45. The van der Waals surface area contributed by atoms with E-state index in [0.717, 1.165) is 3.57 Å². The summed E-state index contributed by atoms with van der Waals surface area (Å²) in [6.45, 7) is 0. The van der Waals surface area contributed by atoms with E-state index in [2.05, 4.69) is 4.72 Å². The van der Waals surface area contributed by atoms with Crippen molar-refractivity contribution >= 4 is 44.3 Å². The van der Waals surface area contributed by atoms with Crippen molar-refractivity contribution in [2.24, 2.45) is 0 Å². The maximum absolute atomic E-state index is 12.6. The van der Waals surface area contributed by atoms with E-state index in [0.29, 0.717) is 11.3 Å². The van der Waals surface area contributed by atoms with E-state index in [-0.39, 0.29) is 17.1 Å². The highest BCUT2D eigenvalue weighted by atomic mass is 127. The first-order valence-corrected chi connectivity index (χ1v) is 9.06. The van der Waals surface area contributed by atoms with Crippen LogP contribution in [0.25, 0.3) is 0 Å². The fourth-order valence-electron chi connectivity index (χ4n) is 1.96. The molecule has 0 fully saturated rings. The molecule has 0 saturated heterocycles. The lowest BCUT2D eigenvalue weighted by atomic mass is 10.1. The maximum Gasteiger partial charge on any atom is 0.307 e. The van der Waals surface area contributed by atoms with Gasteiger partial charge in [0.2, 0.25) is 0 Å². The van der Waals surface area contributed by atoms with Crippen LogP contribution in [-0.4, -0.2) is 26.6 Å². The number of para-hydroxylation sites is 1. The zero-order valence-corrected chi connectivity index (χ0v) is 15.1. The second-order valence-electron chi connectivity index (χ2n) is 4.64. The minimum atomic E-state index is -3.91. The first-order valence-electron chi connectivity index (χ1n) is 6.49. The summed E-state index contributed by atoms with van der Waals surface area (Å²) in [7, 11) is -2.55. The predicted octanol–water partition coefficient (Wildman–Crippen LogP) is 2.73. The van der Waals surface area contributed by atoms with Crippen LogP contribution in [-0.2, 0) is 21.2 Å². The number of hydrogen-bond donors (Lipinski definition) is 2. The number of carbonyl (C=O) groups is 1. The first kappa shape index (κ1) is 17.5. The summed E-state index contributed by atoms with van der Waals surface area (Å²) in [6, 6.07) is 11.2. The molecule has 2 rings (SSSR count). The van der Waals surface area contributed by atoms with Crippen molar-refractivity contribution in [1.29, 1.82) is 0 Å². The van der Waals surface area contributed by atoms with Gasteiger partial charge in [-0.05, 0) is 52.4 Å². The molecule has 8 heteroatoms. The van der Waals surface area contributed by atoms with Gasteiger partial charge in [-0.25, -0.2) is 8.42 Å². The van der Waals surface area contributed by atoms with E-state index in [1.54, 1.807) is 24.3 Å². The number of aliphatic carboxylic acids is 1. The molecule has 0 amide bonds. The highest BCUT2D eigenvalue weighted by molar-refractivity contribution is 14.1. The van der Waals surface area contributed by atoms with Gasteiger partial charge in [0.05, 0.1) is 19.2 Å². The average Bonchev–Trinajstić information content (AvgIpc) is 2.49. The SMILES string of the molecule is COc1ccc(CC(=O)O)cc1S(=O)(=O)Nc1ccccc1I. The third-order valence-electron chi connectivity index (χ3n) is 2.99. The molecule has 0 aliphatic heterocycles. The summed E-state index contributed by atoms with van der Waals surface area (Å²) in [5, 5.41) is 8.86. The van der Waals surface area contributed by atoms with Crippen LogP contribution in [0.2, 0.25) is 0 Å². The van der Waals surface area contributed by atoms with Gasteiger partial charge in [0.15, 0.2) is 0 Å². The Morgan fingerprint density at radius 3 is 2.57 bits per heavy atom. The fourth-order valence-corrected chi connectivity index (χ4v) is 3.96. The van der Waals surface area contributed by atoms with Gasteiger partial charge in [0.25, 0.3) is 10.0 Å². The minimum absolute atomic E-state index is 0.0987. The van der Waals surface area contributed by atoms with Gasteiger partial charge < -0.3 is 9.84 Å². The standard InChI is InChI=1S/C15H14INO5S/c1-22-13-7-6-10(9-15(18)19)8-14(13)23(20,21)17-12-5-3-2-4-11(12)16/h2-8,17H,9H2,1H3,(H,18,19). The van der Waals surface area contributed by atoms with Gasteiger partial charge in [-0.15, -0.1) is 0 Å². The molecule has 0 bridgehead atoms.